The highest BCUT2D eigenvalue weighted by atomic mass is 19.3. The topological polar surface area (TPSA) is 65.9 Å². The van der Waals surface area contributed by atoms with Crippen molar-refractivity contribution in [2.75, 3.05) is 37.7 Å². The van der Waals surface area contributed by atoms with Crippen LogP contribution in [-0.2, 0) is 0 Å². The zero-order chi connectivity index (χ0) is 20.1. The molecule has 1 amide bonds. The summed E-state index contributed by atoms with van der Waals surface area (Å²) < 4.78 is 59.5. The van der Waals surface area contributed by atoms with Crippen LogP contribution in [-0.4, -0.2) is 71.6 Å². The van der Waals surface area contributed by atoms with E-state index in [2.05, 4.69) is 4.98 Å². The van der Waals surface area contributed by atoms with Gasteiger partial charge in [-0.3, -0.25) is 4.79 Å². The van der Waals surface area contributed by atoms with E-state index in [-0.39, 0.29) is 11.6 Å². The zero-order valence-electron chi connectivity index (χ0n) is 15.1. The lowest BCUT2D eigenvalue weighted by Crippen LogP contribution is -2.56. The van der Waals surface area contributed by atoms with Gasteiger partial charge in [0.2, 0.25) is 5.88 Å². The summed E-state index contributed by atoms with van der Waals surface area (Å²) in [4.78, 5) is 19.2. The Morgan fingerprint density at radius 2 is 1.89 bits per heavy atom. The number of pyridine rings is 1. The minimum atomic E-state index is -3.07. The molecule has 1 aromatic rings. The van der Waals surface area contributed by atoms with Crippen molar-refractivity contribution in [3.8, 4) is 5.88 Å². The molecule has 0 bridgehead atoms. The number of halogens is 4. The van der Waals surface area contributed by atoms with Gasteiger partial charge in [-0.1, -0.05) is 0 Å². The first-order chi connectivity index (χ1) is 13.2. The Hall–Kier alpha value is -2.10. The third kappa shape index (κ3) is 3.87. The van der Waals surface area contributed by atoms with Crippen LogP contribution < -0.4 is 9.64 Å². The van der Waals surface area contributed by atoms with Gasteiger partial charge in [-0.25, -0.2) is 22.5 Å². The van der Waals surface area contributed by atoms with Gasteiger partial charge in [0.15, 0.2) is 0 Å². The van der Waals surface area contributed by atoms with Crippen molar-refractivity contribution in [3.63, 3.8) is 0 Å². The SMILES string of the molecule is O=C(c1ccc(N2CC(F)(F)C2)c(OCC2CC2)n1)N1CC(F)(F)CC1CO. The van der Waals surface area contributed by atoms with E-state index >= 15 is 0 Å². The van der Waals surface area contributed by atoms with Crippen LogP contribution in [0.1, 0.15) is 29.8 Å². The van der Waals surface area contributed by atoms with Crippen LogP contribution >= 0.6 is 0 Å². The molecule has 1 N–H and O–H groups in total. The van der Waals surface area contributed by atoms with Gasteiger partial charge in [0.05, 0.1) is 38.9 Å². The second-order valence-corrected chi connectivity index (χ2v) is 7.82. The summed E-state index contributed by atoms with van der Waals surface area (Å²) in [6.07, 6.45) is 1.41. The van der Waals surface area contributed by atoms with Crippen molar-refractivity contribution in [3.05, 3.63) is 17.8 Å². The van der Waals surface area contributed by atoms with Crippen LogP contribution in [0.2, 0.25) is 0 Å². The van der Waals surface area contributed by atoms with Gasteiger partial charge >= 0.3 is 0 Å². The van der Waals surface area contributed by atoms with Crippen molar-refractivity contribution >= 4 is 11.6 Å². The Kier molecular flexibility index (Phi) is 4.64. The monoisotopic (exact) mass is 403 g/mol. The Morgan fingerprint density at radius 1 is 1.18 bits per heavy atom. The molecule has 1 saturated carbocycles. The van der Waals surface area contributed by atoms with Crippen LogP contribution in [0.5, 0.6) is 5.88 Å². The summed E-state index contributed by atoms with van der Waals surface area (Å²) in [6.45, 7) is -1.94. The highest BCUT2D eigenvalue weighted by Gasteiger charge is 2.48. The Balaban J connectivity index is 1.56. The molecule has 1 aromatic heterocycles. The maximum Gasteiger partial charge on any atom is 0.282 e. The molecule has 3 fully saturated rings. The Labute approximate surface area is 159 Å². The van der Waals surface area contributed by atoms with E-state index in [1.54, 1.807) is 0 Å². The summed E-state index contributed by atoms with van der Waals surface area (Å²) in [7, 11) is 0. The third-order valence-corrected chi connectivity index (χ3v) is 5.25. The Morgan fingerprint density at radius 3 is 2.50 bits per heavy atom. The molecule has 3 aliphatic rings. The molecule has 0 spiro atoms. The van der Waals surface area contributed by atoms with Gasteiger partial charge in [-0.2, -0.15) is 0 Å². The van der Waals surface area contributed by atoms with Crippen molar-refractivity contribution in [1.29, 1.82) is 0 Å². The molecule has 0 radical (unpaired) electrons. The first kappa shape index (κ1) is 19.2. The van der Waals surface area contributed by atoms with Gasteiger partial charge < -0.3 is 19.6 Å². The van der Waals surface area contributed by atoms with E-state index in [9.17, 15) is 27.5 Å². The fourth-order valence-corrected chi connectivity index (χ4v) is 3.51. The van der Waals surface area contributed by atoms with Crippen LogP contribution in [0.25, 0.3) is 0 Å². The number of rotatable bonds is 6. The zero-order valence-corrected chi connectivity index (χ0v) is 15.1. The van der Waals surface area contributed by atoms with E-state index < -0.39 is 56.5 Å². The lowest BCUT2D eigenvalue weighted by atomic mass is 10.1. The molecule has 6 nitrogen and oxygen atoms in total. The largest absolute Gasteiger partial charge is 0.476 e. The molecule has 4 rings (SSSR count). The normalized spacial score (nSPS) is 25.5. The standard InChI is InChI=1S/C18H21F4N3O3/c19-17(20)5-12(6-26)25(10-17)16(27)13-3-4-14(24-8-18(21,22)9-24)15(23-13)28-7-11-1-2-11/h3-4,11-12,26H,1-2,5-10H2. The summed E-state index contributed by atoms with van der Waals surface area (Å²) in [6, 6.07) is 1.79. The number of anilines is 1. The first-order valence-electron chi connectivity index (χ1n) is 9.24. The maximum absolute atomic E-state index is 13.7. The highest BCUT2D eigenvalue weighted by molar-refractivity contribution is 5.93. The predicted molar refractivity (Wildman–Crippen MR) is 91.1 cm³/mol. The molecule has 28 heavy (non-hydrogen) atoms. The van der Waals surface area contributed by atoms with E-state index in [0.717, 1.165) is 17.7 Å². The number of carbonyl (C=O) groups excluding carboxylic acids is 1. The number of nitrogens with zero attached hydrogens (tertiary/aromatic N) is 3. The van der Waals surface area contributed by atoms with Gasteiger partial charge in [-0.05, 0) is 30.9 Å². The number of hydrogen-bond acceptors (Lipinski definition) is 5. The van der Waals surface area contributed by atoms with Gasteiger partial charge in [0.25, 0.3) is 17.8 Å². The molecule has 10 heteroatoms. The van der Waals surface area contributed by atoms with Gasteiger partial charge in [0.1, 0.15) is 11.4 Å². The van der Waals surface area contributed by atoms with Crippen LogP contribution in [0.15, 0.2) is 12.1 Å². The fraction of sp³-hybridized carbons (Fsp3) is 0.667. The molecule has 1 unspecified atom stereocenters. The minimum absolute atomic E-state index is 0.0553. The molecule has 2 aliphatic heterocycles. The number of amides is 1. The summed E-state index contributed by atoms with van der Waals surface area (Å²) in [5.41, 5.74) is 0.242. The van der Waals surface area contributed by atoms with E-state index in [0.29, 0.717) is 18.2 Å². The average Bonchev–Trinajstić information content (AvgIpc) is 3.39. The summed E-state index contributed by atoms with van der Waals surface area (Å²) >= 11 is 0. The number of hydrogen-bond donors (Lipinski definition) is 1. The number of ether oxygens (including phenoxy) is 1. The number of aromatic nitrogens is 1. The molecule has 0 aromatic carbocycles. The number of carbonyl (C=O) groups is 1. The second kappa shape index (κ2) is 6.75. The van der Waals surface area contributed by atoms with Crippen molar-refractivity contribution in [2.45, 2.75) is 37.1 Å². The predicted octanol–water partition coefficient (Wildman–Crippen LogP) is 2.17. The van der Waals surface area contributed by atoms with Crippen molar-refractivity contribution < 1.29 is 32.2 Å². The maximum atomic E-state index is 13.7. The molecular formula is C18H21F4N3O3. The quantitative estimate of drug-likeness (QED) is 0.738. The smallest absolute Gasteiger partial charge is 0.282 e. The van der Waals surface area contributed by atoms with Crippen molar-refractivity contribution in [2.24, 2.45) is 5.92 Å². The number of aliphatic hydroxyl groups is 1. The van der Waals surface area contributed by atoms with Crippen LogP contribution in [0.4, 0.5) is 23.2 Å². The number of aliphatic hydroxyl groups excluding tert-OH is 1. The molecule has 3 heterocycles. The third-order valence-electron chi connectivity index (χ3n) is 5.25. The van der Waals surface area contributed by atoms with Crippen LogP contribution in [0, 0.1) is 5.92 Å². The average molecular weight is 403 g/mol. The van der Waals surface area contributed by atoms with E-state index in [4.69, 9.17) is 4.74 Å². The van der Waals surface area contributed by atoms with E-state index in [1.807, 2.05) is 0 Å². The molecule has 154 valence electrons. The van der Waals surface area contributed by atoms with Crippen molar-refractivity contribution in [1.82, 2.24) is 9.88 Å². The molecular weight excluding hydrogens is 382 g/mol. The lowest BCUT2D eigenvalue weighted by Gasteiger charge is -2.40. The number of likely N-dealkylation sites (tertiary alicyclic amines) is 1. The number of alkyl halides is 4. The summed E-state index contributed by atoms with van der Waals surface area (Å²) in [5, 5.41) is 9.33. The first-order valence-corrected chi connectivity index (χ1v) is 9.24. The molecule has 1 atom stereocenters. The summed E-state index contributed by atoms with van der Waals surface area (Å²) in [5.74, 6) is -6.16. The van der Waals surface area contributed by atoms with E-state index in [1.165, 1.54) is 17.0 Å². The lowest BCUT2D eigenvalue weighted by molar-refractivity contribution is -0.0265. The fourth-order valence-electron chi connectivity index (χ4n) is 3.51. The second-order valence-electron chi connectivity index (χ2n) is 7.82. The minimum Gasteiger partial charge on any atom is -0.476 e. The Bertz CT molecular complexity index is 764. The van der Waals surface area contributed by atoms with Gasteiger partial charge in [-0.15, -0.1) is 0 Å². The highest BCUT2D eigenvalue weighted by Crippen LogP contribution is 2.38. The van der Waals surface area contributed by atoms with Crippen LogP contribution in [0.3, 0.4) is 0 Å². The van der Waals surface area contributed by atoms with Gasteiger partial charge in [0, 0.05) is 6.42 Å². The molecule has 2 saturated heterocycles. The molecule has 1 aliphatic carbocycles.